The van der Waals surface area contributed by atoms with E-state index in [0.717, 1.165) is 12.1 Å². The molecule has 3 N–H and O–H groups in total. The zero-order valence-electron chi connectivity index (χ0n) is 16.2. The monoisotopic (exact) mass is 461 g/mol. The van der Waals surface area contributed by atoms with E-state index in [9.17, 15) is 18.3 Å². The minimum absolute atomic E-state index is 0.235. The summed E-state index contributed by atoms with van der Waals surface area (Å²) in [4.78, 5) is 17.0. The van der Waals surface area contributed by atoms with Crippen LogP contribution in [0.5, 0.6) is 0 Å². The molecule has 3 aromatic heterocycles. The van der Waals surface area contributed by atoms with Gasteiger partial charge in [-0.3, -0.25) is 4.98 Å². The van der Waals surface area contributed by atoms with Crippen LogP contribution in [0.3, 0.4) is 0 Å². The molecule has 0 fully saturated rings. The molecular formula is C21H15ClF3N5O2. The van der Waals surface area contributed by atoms with Crippen molar-refractivity contribution in [1.82, 2.24) is 19.9 Å². The number of hydrogen-bond acceptors (Lipinski definition) is 7. The third-order valence-electron chi connectivity index (χ3n) is 4.63. The van der Waals surface area contributed by atoms with Gasteiger partial charge in [-0.1, -0.05) is 11.6 Å². The molecule has 0 aliphatic rings. The molecule has 0 radical (unpaired) electrons. The minimum Gasteiger partial charge on any atom is -0.393 e. The number of benzene rings is 1. The van der Waals surface area contributed by atoms with Crippen LogP contribution in [0, 0.1) is 0 Å². The Bertz CT molecular complexity index is 1270. The van der Waals surface area contributed by atoms with Gasteiger partial charge in [0.05, 0.1) is 28.3 Å². The Labute approximate surface area is 184 Å². The fourth-order valence-electron chi connectivity index (χ4n) is 2.98. The van der Waals surface area contributed by atoms with Crippen LogP contribution in [-0.4, -0.2) is 36.8 Å². The number of anilines is 2. The Hall–Kier alpha value is -3.34. The molecule has 7 nitrogen and oxygen atoms in total. The predicted molar refractivity (Wildman–Crippen MR) is 112 cm³/mol. The minimum atomic E-state index is -4.41. The Morgan fingerprint density at radius 3 is 2.44 bits per heavy atom. The molecule has 0 amide bonds. The molecule has 0 aliphatic carbocycles. The van der Waals surface area contributed by atoms with Crippen molar-refractivity contribution in [2.45, 2.75) is 12.3 Å². The summed E-state index contributed by atoms with van der Waals surface area (Å²) >= 11 is 6.28. The smallest absolute Gasteiger partial charge is 0.393 e. The van der Waals surface area contributed by atoms with E-state index >= 15 is 0 Å². The van der Waals surface area contributed by atoms with Gasteiger partial charge in [0.2, 0.25) is 0 Å². The van der Waals surface area contributed by atoms with Crippen LogP contribution in [-0.2, 0) is 6.18 Å². The topological polar surface area (TPSA) is 104 Å². The summed E-state index contributed by atoms with van der Waals surface area (Å²) in [6.07, 6.45) is -2.83. The normalized spacial score (nSPS) is 12.7. The summed E-state index contributed by atoms with van der Waals surface area (Å²) in [5.41, 5.74) is 1.15. The first-order valence-electron chi connectivity index (χ1n) is 9.27. The van der Waals surface area contributed by atoms with Crippen LogP contribution in [0.15, 0.2) is 55.0 Å². The van der Waals surface area contributed by atoms with E-state index in [4.69, 9.17) is 16.7 Å². The van der Waals surface area contributed by atoms with E-state index in [2.05, 4.69) is 25.3 Å². The maximum atomic E-state index is 12.8. The molecule has 4 rings (SSSR count). The second kappa shape index (κ2) is 8.65. The molecule has 4 aromatic rings. The van der Waals surface area contributed by atoms with Crippen LogP contribution < -0.4 is 5.32 Å². The lowest BCUT2D eigenvalue weighted by Crippen LogP contribution is -2.05. The Balaban J connectivity index is 1.64. The number of pyridine rings is 2. The molecule has 3 heterocycles. The number of aliphatic hydroxyl groups is 2. The van der Waals surface area contributed by atoms with Crippen molar-refractivity contribution in [2.75, 3.05) is 11.9 Å². The third kappa shape index (κ3) is 4.47. The first kappa shape index (κ1) is 21.9. The van der Waals surface area contributed by atoms with Gasteiger partial charge in [0.25, 0.3) is 0 Å². The summed E-state index contributed by atoms with van der Waals surface area (Å²) in [6, 6.07) is 9.42. The largest absolute Gasteiger partial charge is 0.416 e. The summed E-state index contributed by atoms with van der Waals surface area (Å²) in [5, 5.41) is 22.5. The number of alkyl halides is 3. The SMILES string of the molecule is OCC(O)c1cnc(-c2ccc3c(Nc4ccc(C(F)(F)F)cc4)ncnc3n2)c(Cl)c1. The van der Waals surface area contributed by atoms with E-state index in [1.807, 2.05) is 0 Å². The number of fused-ring (bicyclic) bond motifs is 1. The molecule has 1 unspecified atom stereocenters. The standard InChI is InChI=1S/C21H15ClF3N5O2/c22-15-7-11(17(32)9-31)8-26-18(15)16-6-5-14-19(27-10-28-20(14)30-16)29-13-3-1-12(2-4-13)21(23,24)25/h1-8,10,17,31-32H,9H2,(H,27,28,29,30). The number of nitrogens with one attached hydrogen (secondary N) is 1. The van der Waals surface area contributed by atoms with Crippen LogP contribution >= 0.6 is 11.6 Å². The maximum absolute atomic E-state index is 12.8. The van der Waals surface area contributed by atoms with Crippen molar-refractivity contribution < 1.29 is 23.4 Å². The van der Waals surface area contributed by atoms with Gasteiger partial charge >= 0.3 is 6.18 Å². The van der Waals surface area contributed by atoms with Gasteiger partial charge < -0.3 is 15.5 Å². The average Bonchev–Trinajstić information content (AvgIpc) is 2.78. The van der Waals surface area contributed by atoms with Crippen molar-refractivity contribution >= 4 is 34.1 Å². The molecule has 11 heteroatoms. The summed E-state index contributed by atoms with van der Waals surface area (Å²) in [6.45, 7) is -0.461. The Morgan fingerprint density at radius 1 is 1.03 bits per heavy atom. The molecule has 1 aromatic carbocycles. The second-order valence-electron chi connectivity index (χ2n) is 6.79. The highest BCUT2D eigenvalue weighted by Gasteiger charge is 2.30. The zero-order valence-corrected chi connectivity index (χ0v) is 16.9. The zero-order chi connectivity index (χ0) is 22.9. The highest BCUT2D eigenvalue weighted by Crippen LogP contribution is 2.32. The molecule has 164 valence electrons. The van der Waals surface area contributed by atoms with E-state index in [1.54, 1.807) is 12.1 Å². The fourth-order valence-corrected chi connectivity index (χ4v) is 3.25. The fraction of sp³-hybridized carbons (Fsp3) is 0.143. The van der Waals surface area contributed by atoms with Crippen LogP contribution in [0.2, 0.25) is 5.02 Å². The maximum Gasteiger partial charge on any atom is 0.416 e. The van der Waals surface area contributed by atoms with Crippen molar-refractivity contribution in [3.63, 3.8) is 0 Å². The number of aliphatic hydroxyl groups excluding tert-OH is 2. The number of nitrogens with zero attached hydrogens (tertiary/aromatic N) is 4. The first-order valence-corrected chi connectivity index (χ1v) is 9.65. The highest BCUT2D eigenvalue weighted by atomic mass is 35.5. The molecule has 32 heavy (non-hydrogen) atoms. The van der Waals surface area contributed by atoms with Gasteiger partial charge in [-0.05, 0) is 42.5 Å². The lowest BCUT2D eigenvalue weighted by molar-refractivity contribution is -0.137. The lowest BCUT2D eigenvalue weighted by atomic mass is 10.1. The Morgan fingerprint density at radius 2 is 1.78 bits per heavy atom. The van der Waals surface area contributed by atoms with Crippen LogP contribution in [0.1, 0.15) is 17.2 Å². The summed E-state index contributed by atoms with van der Waals surface area (Å²) in [5.74, 6) is 0.370. The van der Waals surface area contributed by atoms with Gasteiger partial charge in [0, 0.05) is 17.4 Å². The number of halogens is 4. The van der Waals surface area contributed by atoms with Crippen LogP contribution in [0.25, 0.3) is 22.4 Å². The molecule has 1 atom stereocenters. The van der Waals surface area contributed by atoms with Gasteiger partial charge in [-0.2, -0.15) is 13.2 Å². The Kier molecular flexibility index (Phi) is 5.92. The lowest BCUT2D eigenvalue weighted by Gasteiger charge is -2.12. The van der Waals surface area contributed by atoms with E-state index in [0.29, 0.717) is 39.5 Å². The van der Waals surface area contributed by atoms with E-state index < -0.39 is 24.5 Å². The third-order valence-corrected chi connectivity index (χ3v) is 4.92. The quantitative estimate of drug-likeness (QED) is 0.401. The number of aromatic nitrogens is 4. The van der Waals surface area contributed by atoms with Crippen molar-refractivity contribution in [2.24, 2.45) is 0 Å². The summed E-state index contributed by atoms with van der Waals surface area (Å²) < 4.78 is 38.3. The number of hydrogen-bond donors (Lipinski definition) is 3. The first-order chi connectivity index (χ1) is 15.3. The molecule has 0 saturated heterocycles. The molecular weight excluding hydrogens is 447 g/mol. The van der Waals surface area contributed by atoms with Gasteiger partial charge in [0.15, 0.2) is 5.65 Å². The van der Waals surface area contributed by atoms with E-state index in [-0.39, 0.29) is 5.02 Å². The predicted octanol–water partition coefficient (Wildman–Crippen LogP) is 4.53. The van der Waals surface area contributed by atoms with Gasteiger partial charge in [0.1, 0.15) is 23.9 Å². The second-order valence-corrected chi connectivity index (χ2v) is 7.19. The van der Waals surface area contributed by atoms with Gasteiger partial charge in [-0.15, -0.1) is 0 Å². The van der Waals surface area contributed by atoms with Crippen molar-refractivity contribution in [1.29, 1.82) is 0 Å². The van der Waals surface area contributed by atoms with E-state index in [1.165, 1.54) is 30.7 Å². The summed E-state index contributed by atoms with van der Waals surface area (Å²) in [7, 11) is 0. The highest BCUT2D eigenvalue weighted by molar-refractivity contribution is 6.33. The molecule has 0 bridgehead atoms. The molecule has 0 saturated carbocycles. The number of rotatable bonds is 5. The average molecular weight is 462 g/mol. The van der Waals surface area contributed by atoms with Crippen molar-refractivity contribution in [3.8, 4) is 11.4 Å². The molecule has 0 spiro atoms. The van der Waals surface area contributed by atoms with Crippen molar-refractivity contribution in [3.05, 3.63) is 71.1 Å². The van der Waals surface area contributed by atoms with Crippen LogP contribution in [0.4, 0.5) is 24.7 Å². The van der Waals surface area contributed by atoms with Gasteiger partial charge in [-0.25, -0.2) is 15.0 Å². The molecule has 0 aliphatic heterocycles.